The van der Waals surface area contributed by atoms with Crippen molar-refractivity contribution >= 4 is 35.0 Å². The molecule has 4 N–H and O–H groups in total. The number of nitrogen functional groups attached to an aromatic ring is 2. The van der Waals surface area contributed by atoms with Crippen LogP contribution in [0, 0.1) is 11.3 Å². The molecule has 0 aliphatic carbocycles. The summed E-state index contributed by atoms with van der Waals surface area (Å²) in [7, 11) is 0. The van der Waals surface area contributed by atoms with Crippen LogP contribution in [0.2, 0.25) is 10.0 Å². The lowest BCUT2D eigenvalue weighted by Gasteiger charge is -2.08. The van der Waals surface area contributed by atoms with E-state index in [0.29, 0.717) is 21.3 Å². The fourth-order valence-corrected chi connectivity index (χ4v) is 2.88. The van der Waals surface area contributed by atoms with Crippen LogP contribution in [0.1, 0.15) is 5.56 Å². The first-order valence-electron chi connectivity index (χ1n) is 6.88. The fraction of sp³-hybridized carbons (Fsp3) is 0. The van der Waals surface area contributed by atoms with E-state index >= 15 is 0 Å². The van der Waals surface area contributed by atoms with Gasteiger partial charge in [0, 0.05) is 15.6 Å². The molecule has 0 aliphatic heterocycles. The minimum atomic E-state index is 0.0206. The largest absolute Gasteiger partial charge is 0.382 e. The number of anilines is 2. The van der Waals surface area contributed by atoms with Crippen LogP contribution in [0.4, 0.5) is 11.8 Å². The van der Waals surface area contributed by atoms with Crippen molar-refractivity contribution in [2.24, 2.45) is 0 Å². The number of rotatable bonds is 2. The molecule has 118 valence electrons. The van der Waals surface area contributed by atoms with Crippen LogP contribution in [0.25, 0.3) is 22.4 Å². The second kappa shape index (κ2) is 6.36. The molecule has 3 aromatic rings. The van der Waals surface area contributed by atoms with E-state index in [4.69, 9.17) is 34.7 Å². The summed E-state index contributed by atoms with van der Waals surface area (Å²) in [6, 6.07) is 14.7. The lowest BCUT2D eigenvalue weighted by Crippen LogP contribution is -2.04. The highest BCUT2D eigenvalue weighted by atomic mass is 35.5. The number of aromatic nitrogens is 2. The molecule has 2 aromatic carbocycles. The fourth-order valence-electron chi connectivity index (χ4n) is 2.36. The van der Waals surface area contributed by atoms with E-state index in [1.54, 1.807) is 6.07 Å². The first-order valence-corrected chi connectivity index (χ1v) is 7.63. The van der Waals surface area contributed by atoms with E-state index in [-0.39, 0.29) is 17.3 Å². The van der Waals surface area contributed by atoms with Crippen molar-refractivity contribution in [2.75, 3.05) is 11.5 Å². The van der Waals surface area contributed by atoms with Crippen LogP contribution in [0.15, 0.2) is 42.5 Å². The predicted octanol–water partition coefficient (Wildman–Crippen LogP) is 4.15. The number of hydrogen-bond donors (Lipinski definition) is 2. The van der Waals surface area contributed by atoms with Gasteiger partial charge in [-0.15, -0.1) is 0 Å². The van der Waals surface area contributed by atoms with Gasteiger partial charge in [-0.25, -0.2) is 4.98 Å². The van der Waals surface area contributed by atoms with Gasteiger partial charge in [0.15, 0.2) is 0 Å². The summed E-state index contributed by atoms with van der Waals surface area (Å²) in [4.78, 5) is 7.94. The number of halogens is 2. The molecule has 1 heterocycles. The lowest BCUT2D eigenvalue weighted by atomic mass is 10.0. The van der Waals surface area contributed by atoms with Crippen molar-refractivity contribution in [3.8, 4) is 28.5 Å². The van der Waals surface area contributed by atoms with Gasteiger partial charge >= 0.3 is 0 Å². The van der Waals surface area contributed by atoms with Gasteiger partial charge in [0.25, 0.3) is 0 Å². The maximum atomic E-state index is 9.26. The summed E-state index contributed by atoms with van der Waals surface area (Å²) in [6.07, 6.45) is 0. The van der Waals surface area contributed by atoms with Gasteiger partial charge in [0.1, 0.15) is 17.5 Å². The second-order valence-electron chi connectivity index (χ2n) is 5.04. The third-order valence-corrected chi connectivity index (χ3v) is 3.86. The van der Waals surface area contributed by atoms with E-state index < -0.39 is 0 Å². The molecule has 7 heteroatoms. The molecule has 0 unspecified atom stereocenters. The van der Waals surface area contributed by atoms with E-state index in [2.05, 4.69) is 9.97 Å². The van der Waals surface area contributed by atoms with Gasteiger partial charge in [-0.2, -0.15) is 10.2 Å². The molecule has 0 saturated heterocycles. The van der Waals surface area contributed by atoms with Crippen molar-refractivity contribution in [3.05, 3.63) is 58.1 Å². The second-order valence-corrected chi connectivity index (χ2v) is 5.91. The summed E-state index contributed by atoms with van der Waals surface area (Å²) in [6.45, 7) is 0. The maximum absolute atomic E-state index is 9.26. The van der Waals surface area contributed by atoms with Gasteiger partial charge in [-0.05, 0) is 29.3 Å². The van der Waals surface area contributed by atoms with Crippen LogP contribution in [0.3, 0.4) is 0 Å². The molecule has 0 spiro atoms. The molecular formula is C17H11Cl2N5. The summed E-state index contributed by atoms with van der Waals surface area (Å²) in [5.41, 5.74) is 14.5. The van der Waals surface area contributed by atoms with Gasteiger partial charge in [0.05, 0.1) is 5.69 Å². The molecule has 0 saturated carbocycles. The Labute approximate surface area is 148 Å². The minimum absolute atomic E-state index is 0.0206. The van der Waals surface area contributed by atoms with Crippen LogP contribution < -0.4 is 11.5 Å². The van der Waals surface area contributed by atoms with E-state index in [0.717, 1.165) is 11.1 Å². The van der Waals surface area contributed by atoms with Gasteiger partial charge in [-0.1, -0.05) is 47.5 Å². The number of benzene rings is 2. The molecular weight excluding hydrogens is 345 g/mol. The molecule has 3 rings (SSSR count). The summed E-state index contributed by atoms with van der Waals surface area (Å²) in [5, 5.41) is 10.4. The maximum Gasteiger partial charge on any atom is 0.222 e. The van der Waals surface area contributed by atoms with E-state index in [1.165, 1.54) is 0 Å². The Morgan fingerprint density at radius 2 is 1.42 bits per heavy atom. The Morgan fingerprint density at radius 1 is 0.833 bits per heavy atom. The highest BCUT2D eigenvalue weighted by molar-refractivity contribution is 6.35. The molecule has 0 radical (unpaired) electrons. The lowest BCUT2D eigenvalue weighted by molar-refractivity contribution is 1.18. The molecule has 24 heavy (non-hydrogen) atoms. The first-order chi connectivity index (χ1) is 11.5. The molecule has 0 amide bonds. The molecule has 0 aliphatic rings. The third kappa shape index (κ3) is 3.11. The Balaban J connectivity index is 2.06. The highest BCUT2D eigenvalue weighted by Crippen LogP contribution is 2.30. The average Bonchev–Trinajstić information content (AvgIpc) is 2.53. The first kappa shape index (κ1) is 16.1. The SMILES string of the molecule is N#Cc1c(N)nc(N)nc1-c1ccc(-c2cc(Cl)cc(Cl)c2)cc1. The van der Waals surface area contributed by atoms with Crippen molar-refractivity contribution in [2.45, 2.75) is 0 Å². The molecule has 0 atom stereocenters. The van der Waals surface area contributed by atoms with Gasteiger partial charge < -0.3 is 11.5 Å². The standard InChI is InChI=1S/C17H11Cl2N5/c18-12-5-11(6-13(19)7-12)9-1-3-10(4-2-9)15-14(8-20)16(21)24-17(22)23-15/h1-7H,(H4,21,22,23,24). The Kier molecular flexibility index (Phi) is 4.26. The van der Waals surface area contributed by atoms with Crippen LogP contribution in [-0.4, -0.2) is 9.97 Å². The molecule has 0 fully saturated rings. The van der Waals surface area contributed by atoms with E-state index in [9.17, 15) is 5.26 Å². The normalized spacial score (nSPS) is 10.4. The summed E-state index contributed by atoms with van der Waals surface area (Å²) < 4.78 is 0. The minimum Gasteiger partial charge on any atom is -0.382 e. The van der Waals surface area contributed by atoms with Crippen LogP contribution in [0.5, 0.6) is 0 Å². The number of hydrogen-bond acceptors (Lipinski definition) is 5. The zero-order chi connectivity index (χ0) is 17.3. The Morgan fingerprint density at radius 3 is 2.00 bits per heavy atom. The van der Waals surface area contributed by atoms with E-state index in [1.807, 2.05) is 42.5 Å². The quantitative estimate of drug-likeness (QED) is 0.718. The molecule has 1 aromatic heterocycles. The summed E-state index contributed by atoms with van der Waals surface area (Å²) in [5.74, 6) is 0.0814. The number of nitriles is 1. The van der Waals surface area contributed by atoms with Gasteiger partial charge in [0.2, 0.25) is 5.95 Å². The topological polar surface area (TPSA) is 102 Å². The van der Waals surface area contributed by atoms with Crippen LogP contribution >= 0.6 is 23.2 Å². The highest BCUT2D eigenvalue weighted by Gasteiger charge is 2.13. The third-order valence-electron chi connectivity index (χ3n) is 3.42. The predicted molar refractivity (Wildman–Crippen MR) is 96.5 cm³/mol. The number of nitrogens with two attached hydrogens (primary N) is 2. The van der Waals surface area contributed by atoms with Crippen molar-refractivity contribution in [3.63, 3.8) is 0 Å². The zero-order valence-corrected chi connectivity index (χ0v) is 13.8. The van der Waals surface area contributed by atoms with Crippen molar-refractivity contribution < 1.29 is 0 Å². The molecule has 0 bridgehead atoms. The van der Waals surface area contributed by atoms with Crippen molar-refractivity contribution in [1.82, 2.24) is 9.97 Å². The zero-order valence-electron chi connectivity index (χ0n) is 12.3. The Hall–Kier alpha value is -2.81. The van der Waals surface area contributed by atoms with Gasteiger partial charge in [-0.3, -0.25) is 0 Å². The van der Waals surface area contributed by atoms with Crippen molar-refractivity contribution in [1.29, 1.82) is 5.26 Å². The smallest absolute Gasteiger partial charge is 0.222 e. The Bertz CT molecular complexity index is 942. The monoisotopic (exact) mass is 355 g/mol. The molecule has 5 nitrogen and oxygen atoms in total. The average molecular weight is 356 g/mol. The summed E-state index contributed by atoms with van der Waals surface area (Å²) >= 11 is 12.1. The van der Waals surface area contributed by atoms with Crippen LogP contribution in [-0.2, 0) is 0 Å². The number of nitrogens with zero attached hydrogens (tertiary/aromatic N) is 3.